The summed E-state index contributed by atoms with van der Waals surface area (Å²) in [5, 5.41) is 3.08. The Kier molecular flexibility index (Phi) is 8.22. The van der Waals surface area contributed by atoms with Crippen molar-refractivity contribution in [3.05, 3.63) is 29.8 Å². The number of para-hydroxylation sites is 1. The van der Waals surface area contributed by atoms with Crippen LogP contribution in [0.3, 0.4) is 0 Å². The first-order valence-corrected chi connectivity index (χ1v) is 9.60. The van der Waals surface area contributed by atoms with E-state index in [0.717, 1.165) is 50.2 Å². The third-order valence-corrected chi connectivity index (χ3v) is 5.28. The Bertz CT molecular complexity index is 531. The Labute approximate surface area is 151 Å². The van der Waals surface area contributed by atoms with Crippen molar-refractivity contribution in [3.63, 3.8) is 0 Å². The second kappa shape index (κ2) is 10.4. The number of carbonyl (C=O) groups is 1. The number of hydrogen-bond donors (Lipinski definition) is 2. The maximum atomic E-state index is 12.5. The summed E-state index contributed by atoms with van der Waals surface area (Å²) in [4.78, 5) is 14.8. The SMILES string of the molecule is CCN(CC)CCOc1ccccc1CNC(=O)[C@@H]1CCC[C@@H]1CN. The minimum Gasteiger partial charge on any atom is -0.492 e. The van der Waals surface area contributed by atoms with Crippen LogP contribution in [0.15, 0.2) is 24.3 Å². The highest BCUT2D eigenvalue weighted by molar-refractivity contribution is 5.79. The minimum atomic E-state index is 0.0701. The molecule has 1 aliphatic carbocycles. The van der Waals surface area contributed by atoms with E-state index in [1.807, 2.05) is 24.3 Å². The minimum absolute atomic E-state index is 0.0701. The van der Waals surface area contributed by atoms with Crippen molar-refractivity contribution in [1.29, 1.82) is 0 Å². The molecule has 5 heteroatoms. The predicted octanol–water partition coefficient (Wildman–Crippen LogP) is 2.40. The lowest BCUT2D eigenvalue weighted by Crippen LogP contribution is -2.34. The number of amides is 1. The topological polar surface area (TPSA) is 67.6 Å². The van der Waals surface area contributed by atoms with E-state index in [1.54, 1.807) is 0 Å². The fourth-order valence-corrected chi connectivity index (χ4v) is 3.59. The van der Waals surface area contributed by atoms with Gasteiger partial charge in [-0.1, -0.05) is 38.5 Å². The van der Waals surface area contributed by atoms with Crippen LogP contribution in [0, 0.1) is 11.8 Å². The van der Waals surface area contributed by atoms with Crippen LogP contribution in [0.25, 0.3) is 0 Å². The molecular weight excluding hydrogens is 314 g/mol. The van der Waals surface area contributed by atoms with E-state index < -0.39 is 0 Å². The summed E-state index contributed by atoms with van der Waals surface area (Å²) in [7, 11) is 0. The Morgan fingerprint density at radius 3 is 2.76 bits per heavy atom. The Balaban J connectivity index is 1.86. The molecular formula is C20H33N3O2. The number of benzene rings is 1. The zero-order valence-corrected chi connectivity index (χ0v) is 15.7. The second-order valence-electron chi connectivity index (χ2n) is 6.73. The Morgan fingerprint density at radius 2 is 2.04 bits per heavy atom. The van der Waals surface area contributed by atoms with Gasteiger partial charge in [0.25, 0.3) is 0 Å². The standard InChI is InChI=1S/C20H33N3O2/c1-3-23(4-2)12-13-25-19-11-6-5-8-17(19)15-22-20(24)18-10-7-9-16(18)14-21/h5-6,8,11,16,18H,3-4,7,9-10,12-15,21H2,1-2H3,(H,22,24)/t16-,18-/m1/s1. The summed E-state index contributed by atoms with van der Waals surface area (Å²) in [5.41, 5.74) is 6.82. The molecule has 1 saturated carbocycles. The fourth-order valence-electron chi connectivity index (χ4n) is 3.59. The molecule has 0 bridgehead atoms. The maximum absolute atomic E-state index is 12.5. The molecule has 140 valence electrons. The summed E-state index contributed by atoms with van der Waals surface area (Å²) in [5.74, 6) is 1.39. The molecule has 3 N–H and O–H groups in total. The van der Waals surface area contributed by atoms with Crippen LogP contribution in [0.2, 0.25) is 0 Å². The average Bonchev–Trinajstić information content (AvgIpc) is 3.13. The predicted molar refractivity (Wildman–Crippen MR) is 101 cm³/mol. The van der Waals surface area contributed by atoms with Crippen molar-refractivity contribution in [1.82, 2.24) is 10.2 Å². The number of likely N-dealkylation sites (N-methyl/N-ethyl adjacent to an activating group) is 1. The molecule has 1 aromatic carbocycles. The molecule has 1 aliphatic rings. The van der Waals surface area contributed by atoms with Gasteiger partial charge in [0, 0.05) is 24.6 Å². The van der Waals surface area contributed by atoms with E-state index in [2.05, 4.69) is 24.1 Å². The number of ether oxygens (including phenoxy) is 1. The summed E-state index contributed by atoms with van der Waals surface area (Å²) < 4.78 is 5.96. The average molecular weight is 348 g/mol. The second-order valence-corrected chi connectivity index (χ2v) is 6.73. The number of nitrogens with two attached hydrogens (primary N) is 1. The van der Waals surface area contributed by atoms with Gasteiger partial charge in [0.15, 0.2) is 0 Å². The molecule has 0 radical (unpaired) electrons. The van der Waals surface area contributed by atoms with Crippen LogP contribution >= 0.6 is 0 Å². The molecule has 0 aliphatic heterocycles. The van der Waals surface area contributed by atoms with Gasteiger partial charge in [0.2, 0.25) is 5.91 Å². The van der Waals surface area contributed by atoms with Crippen LogP contribution in [0.1, 0.15) is 38.7 Å². The van der Waals surface area contributed by atoms with Crippen LogP contribution in [0.5, 0.6) is 5.75 Å². The van der Waals surface area contributed by atoms with E-state index in [0.29, 0.717) is 25.6 Å². The van der Waals surface area contributed by atoms with Gasteiger partial charge in [-0.25, -0.2) is 0 Å². The highest BCUT2D eigenvalue weighted by Gasteiger charge is 2.31. The number of nitrogens with zero attached hydrogens (tertiary/aromatic N) is 1. The van der Waals surface area contributed by atoms with E-state index in [-0.39, 0.29) is 11.8 Å². The molecule has 1 amide bonds. The van der Waals surface area contributed by atoms with Gasteiger partial charge < -0.3 is 20.7 Å². The molecule has 1 fully saturated rings. The number of hydrogen-bond acceptors (Lipinski definition) is 4. The molecule has 0 spiro atoms. The van der Waals surface area contributed by atoms with Gasteiger partial charge >= 0.3 is 0 Å². The number of carbonyl (C=O) groups excluding carboxylic acids is 1. The van der Waals surface area contributed by atoms with E-state index in [1.165, 1.54) is 0 Å². The highest BCUT2D eigenvalue weighted by atomic mass is 16.5. The van der Waals surface area contributed by atoms with Crippen molar-refractivity contribution in [2.75, 3.05) is 32.8 Å². The van der Waals surface area contributed by atoms with Crippen LogP contribution in [-0.4, -0.2) is 43.6 Å². The molecule has 5 nitrogen and oxygen atoms in total. The van der Waals surface area contributed by atoms with Gasteiger partial charge in [-0.2, -0.15) is 0 Å². The molecule has 0 saturated heterocycles. The van der Waals surface area contributed by atoms with E-state index in [4.69, 9.17) is 10.5 Å². The first kappa shape index (κ1) is 19.7. The molecule has 1 aromatic rings. The van der Waals surface area contributed by atoms with Crippen LogP contribution < -0.4 is 15.8 Å². The van der Waals surface area contributed by atoms with Crippen molar-refractivity contribution in [2.24, 2.45) is 17.6 Å². The summed E-state index contributed by atoms with van der Waals surface area (Å²) in [6, 6.07) is 7.94. The normalized spacial score (nSPS) is 20.0. The molecule has 2 rings (SSSR count). The quantitative estimate of drug-likeness (QED) is 0.682. The van der Waals surface area contributed by atoms with Gasteiger partial charge in [-0.3, -0.25) is 4.79 Å². The third kappa shape index (κ3) is 5.72. The van der Waals surface area contributed by atoms with Crippen molar-refractivity contribution >= 4 is 5.91 Å². The zero-order valence-electron chi connectivity index (χ0n) is 15.7. The van der Waals surface area contributed by atoms with Crippen LogP contribution in [0.4, 0.5) is 0 Å². The van der Waals surface area contributed by atoms with Crippen molar-refractivity contribution in [3.8, 4) is 5.75 Å². The maximum Gasteiger partial charge on any atom is 0.223 e. The fraction of sp³-hybridized carbons (Fsp3) is 0.650. The molecule has 0 heterocycles. The lowest BCUT2D eigenvalue weighted by atomic mass is 9.95. The third-order valence-electron chi connectivity index (χ3n) is 5.28. The largest absolute Gasteiger partial charge is 0.492 e. The van der Waals surface area contributed by atoms with Gasteiger partial charge in [-0.15, -0.1) is 0 Å². The lowest BCUT2D eigenvalue weighted by molar-refractivity contribution is -0.126. The summed E-state index contributed by atoms with van der Waals surface area (Å²) in [6.45, 7) is 9.05. The number of nitrogens with one attached hydrogen (secondary N) is 1. The molecule has 25 heavy (non-hydrogen) atoms. The van der Waals surface area contributed by atoms with Gasteiger partial charge in [-0.05, 0) is 44.5 Å². The van der Waals surface area contributed by atoms with Gasteiger partial charge in [0.05, 0.1) is 0 Å². The molecule has 0 unspecified atom stereocenters. The summed E-state index contributed by atoms with van der Waals surface area (Å²) in [6.07, 6.45) is 3.13. The Morgan fingerprint density at radius 1 is 1.28 bits per heavy atom. The lowest BCUT2D eigenvalue weighted by Gasteiger charge is -2.20. The van der Waals surface area contributed by atoms with E-state index in [9.17, 15) is 4.79 Å². The molecule has 0 aromatic heterocycles. The Hall–Kier alpha value is -1.59. The first-order chi connectivity index (χ1) is 12.2. The number of rotatable bonds is 10. The monoisotopic (exact) mass is 347 g/mol. The smallest absolute Gasteiger partial charge is 0.223 e. The van der Waals surface area contributed by atoms with Crippen molar-refractivity contribution in [2.45, 2.75) is 39.7 Å². The highest BCUT2D eigenvalue weighted by Crippen LogP contribution is 2.31. The first-order valence-electron chi connectivity index (χ1n) is 9.60. The van der Waals surface area contributed by atoms with Crippen LogP contribution in [-0.2, 0) is 11.3 Å². The van der Waals surface area contributed by atoms with Gasteiger partial charge in [0.1, 0.15) is 12.4 Å². The van der Waals surface area contributed by atoms with Crippen molar-refractivity contribution < 1.29 is 9.53 Å². The van der Waals surface area contributed by atoms with E-state index >= 15 is 0 Å². The molecule has 2 atom stereocenters. The summed E-state index contributed by atoms with van der Waals surface area (Å²) >= 11 is 0. The zero-order chi connectivity index (χ0) is 18.1.